The van der Waals surface area contributed by atoms with Crippen molar-refractivity contribution in [1.29, 1.82) is 0 Å². The summed E-state index contributed by atoms with van der Waals surface area (Å²) in [6.07, 6.45) is -3.89. The van der Waals surface area contributed by atoms with Crippen LogP contribution in [0.15, 0.2) is 30.3 Å². The Hall–Kier alpha value is -2.37. The molecule has 1 heterocycles. The van der Waals surface area contributed by atoms with Crippen LogP contribution in [0.1, 0.15) is 15.9 Å². The predicted octanol–water partition coefficient (Wildman–Crippen LogP) is 4.18. The monoisotopic (exact) mass is 469 g/mol. The van der Waals surface area contributed by atoms with Gasteiger partial charge in [-0.05, 0) is 24.3 Å². The third-order valence-corrected chi connectivity index (χ3v) is 4.89. The third kappa shape index (κ3) is 4.31. The van der Waals surface area contributed by atoms with Gasteiger partial charge in [-0.25, -0.2) is 22.2 Å². The Bertz CT molecular complexity index is 1260. The fraction of sp³-hybridized carbons (Fsp3) is 0.125. The smallest absolute Gasteiger partial charge is 0.268 e. The highest BCUT2D eigenvalue weighted by Crippen LogP contribution is 2.35. The third-order valence-electron chi connectivity index (χ3n) is 3.75. The molecule has 3 rings (SSSR count). The molecule has 29 heavy (non-hydrogen) atoms. The lowest BCUT2D eigenvalue weighted by Gasteiger charge is -2.10. The van der Waals surface area contributed by atoms with E-state index in [-0.39, 0.29) is 26.8 Å². The summed E-state index contributed by atoms with van der Waals surface area (Å²) in [6, 6.07) is 4.35. The number of nitrogens with one attached hydrogen (secondary N) is 1. The van der Waals surface area contributed by atoms with Gasteiger partial charge in [-0.3, -0.25) is 4.79 Å². The second kappa shape index (κ2) is 7.15. The summed E-state index contributed by atoms with van der Waals surface area (Å²) < 4.78 is 78.1. The largest absolute Gasteiger partial charge is 0.416 e. The molecule has 0 radical (unpaired) electrons. The van der Waals surface area contributed by atoms with Gasteiger partial charge in [-0.2, -0.15) is 18.3 Å². The highest BCUT2D eigenvalue weighted by Gasteiger charge is 2.31. The summed E-state index contributed by atoms with van der Waals surface area (Å²) >= 11 is 12.0. The second-order valence-corrected chi connectivity index (χ2v) is 8.43. The number of carbonyl (C=O) groups excluding carboxylic acids is 1. The van der Waals surface area contributed by atoms with Crippen LogP contribution in [0.2, 0.25) is 10.2 Å². The van der Waals surface area contributed by atoms with Gasteiger partial charge in [-0.1, -0.05) is 23.2 Å². The number of halogens is 6. The fourth-order valence-electron chi connectivity index (χ4n) is 2.54. The van der Waals surface area contributed by atoms with Crippen LogP contribution in [-0.2, 0) is 16.2 Å². The van der Waals surface area contributed by atoms with Gasteiger partial charge in [0.2, 0.25) is 10.0 Å². The van der Waals surface area contributed by atoms with Gasteiger partial charge in [0.25, 0.3) is 5.91 Å². The summed E-state index contributed by atoms with van der Waals surface area (Å²) in [7, 11) is -3.94. The minimum atomic E-state index is -4.60. The minimum absolute atomic E-state index is 0.0446. The zero-order valence-electron chi connectivity index (χ0n) is 14.2. The van der Waals surface area contributed by atoms with Gasteiger partial charge in [0.05, 0.1) is 33.6 Å². The Labute approximate surface area is 171 Å². The van der Waals surface area contributed by atoms with E-state index < -0.39 is 39.1 Å². The van der Waals surface area contributed by atoms with Crippen LogP contribution in [0.3, 0.4) is 0 Å². The molecule has 0 aliphatic carbocycles. The average Bonchev–Trinajstić information content (AvgIpc) is 2.90. The molecule has 1 aromatic heterocycles. The molecule has 1 amide bonds. The van der Waals surface area contributed by atoms with E-state index in [4.69, 9.17) is 23.2 Å². The molecule has 2 aromatic carbocycles. The molecule has 0 fully saturated rings. The quantitative estimate of drug-likeness (QED) is 0.583. The van der Waals surface area contributed by atoms with Crippen molar-refractivity contribution < 1.29 is 30.8 Å². The molecule has 0 unspecified atom stereocenters. The van der Waals surface area contributed by atoms with Gasteiger partial charge in [-0.15, -0.1) is 0 Å². The summed E-state index contributed by atoms with van der Waals surface area (Å²) in [6.45, 7) is 0. The molecule has 0 atom stereocenters. The number of sulfonamides is 1. The number of hydrogen-bond donors (Lipinski definition) is 1. The highest BCUT2D eigenvalue weighted by atomic mass is 35.5. The number of nitrogens with zero attached hydrogens (tertiary/aromatic N) is 2. The molecular weight excluding hydrogens is 461 g/mol. The number of benzene rings is 2. The molecule has 0 bridgehead atoms. The maximum Gasteiger partial charge on any atom is 0.416 e. The molecule has 0 spiro atoms. The lowest BCUT2D eigenvalue weighted by atomic mass is 10.1. The Morgan fingerprint density at radius 2 is 1.83 bits per heavy atom. The van der Waals surface area contributed by atoms with Crippen molar-refractivity contribution in [1.82, 2.24) is 14.5 Å². The number of amides is 1. The highest BCUT2D eigenvalue weighted by molar-refractivity contribution is 7.89. The first-order valence-corrected chi connectivity index (χ1v) is 10.2. The molecule has 154 valence electrons. The Morgan fingerprint density at radius 3 is 2.41 bits per heavy atom. The summed E-state index contributed by atoms with van der Waals surface area (Å²) in [5.74, 6) is -2.37. The van der Waals surface area contributed by atoms with Crippen molar-refractivity contribution >= 4 is 50.0 Å². The van der Waals surface area contributed by atoms with E-state index in [0.717, 1.165) is 35.0 Å². The van der Waals surface area contributed by atoms with Crippen LogP contribution in [0.5, 0.6) is 0 Å². The summed E-state index contributed by atoms with van der Waals surface area (Å²) in [5.41, 5.74) is -1.60. The second-order valence-electron chi connectivity index (χ2n) is 5.92. The van der Waals surface area contributed by atoms with Crippen LogP contribution in [0.25, 0.3) is 16.6 Å². The zero-order chi connectivity index (χ0) is 21.7. The van der Waals surface area contributed by atoms with Gasteiger partial charge in [0.1, 0.15) is 5.82 Å². The first-order valence-electron chi connectivity index (χ1n) is 7.55. The van der Waals surface area contributed by atoms with E-state index in [1.165, 1.54) is 0 Å². The van der Waals surface area contributed by atoms with Gasteiger partial charge >= 0.3 is 6.18 Å². The maximum absolute atomic E-state index is 14.4. The topological polar surface area (TPSA) is 81.1 Å². The van der Waals surface area contributed by atoms with Crippen molar-refractivity contribution in [3.63, 3.8) is 0 Å². The van der Waals surface area contributed by atoms with Crippen LogP contribution in [-0.4, -0.2) is 30.4 Å². The molecule has 0 saturated heterocycles. The van der Waals surface area contributed by atoms with E-state index in [1.54, 1.807) is 4.72 Å². The average molecular weight is 470 g/mol. The van der Waals surface area contributed by atoms with Crippen molar-refractivity contribution in [3.8, 4) is 5.69 Å². The number of aromatic nitrogens is 2. The molecule has 6 nitrogen and oxygen atoms in total. The number of hydrogen-bond acceptors (Lipinski definition) is 4. The minimum Gasteiger partial charge on any atom is -0.268 e. The van der Waals surface area contributed by atoms with Gasteiger partial charge < -0.3 is 0 Å². The Balaban J connectivity index is 2.13. The first kappa shape index (κ1) is 21.3. The molecule has 0 saturated carbocycles. The normalized spacial score (nSPS) is 12.4. The van der Waals surface area contributed by atoms with Crippen molar-refractivity contribution in [2.75, 3.05) is 6.26 Å². The Kier molecular flexibility index (Phi) is 5.26. The zero-order valence-corrected chi connectivity index (χ0v) is 16.5. The molecular formula is C16H9Cl2F4N3O3S. The molecule has 1 N–H and O–H groups in total. The first-order chi connectivity index (χ1) is 13.3. The van der Waals surface area contributed by atoms with Crippen LogP contribution < -0.4 is 4.72 Å². The predicted molar refractivity (Wildman–Crippen MR) is 98.4 cm³/mol. The molecule has 13 heteroatoms. The fourth-order valence-corrected chi connectivity index (χ4v) is 3.45. The lowest BCUT2D eigenvalue weighted by Crippen LogP contribution is -2.30. The molecule has 0 aliphatic heterocycles. The van der Waals surface area contributed by atoms with Crippen LogP contribution in [0, 0.1) is 5.82 Å². The van der Waals surface area contributed by atoms with Crippen LogP contribution >= 0.6 is 23.2 Å². The van der Waals surface area contributed by atoms with Crippen molar-refractivity contribution in [2.24, 2.45) is 0 Å². The standard InChI is InChI=1S/C16H9Cl2F4N3O3S/c1-29(27,28)24-15(26)8-5-10(17)13(6-11(8)19)25-12-3-2-7(16(20,21)22)4-9(12)14(18)23-25/h2-6H,1H3,(H,24,26). The van der Waals surface area contributed by atoms with E-state index in [0.29, 0.717) is 6.26 Å². The molecule has 3 aromatic rings. The summed E-state index contributed by atoms with van der Waals surface area (Å²) in [4.78, 5) is 11.9. The van der Waals surface area contributed by atoms with E-state index in [9.17, 15) is 30.8 Å². The number of fused-ring (bicyclic) bond motifs is 1. The number of rotatable bonds is 3. The SMILES string of the molecule is CS(=O)(=O)NC(=O)c1cc(Cl)c(-n2nc(Cl)c3cc(C(F)(F)F)ccc32)cc1F. The molecule has 0 aliphatic rings. The van der Waals surface area contributed by atoms with Crippen molar-refractivity contribution in [2.45, 2.75) is 6.18 Å². The Morgan fingerprint density at radius 1 is 1.17 bits per heavy atom. The number of carbonyl (C=O) groups is 1. The summed E-state index contributed by atoms with van der Waals surface area (Å²) in [5, 5.41) is 3.35. The van der Waals surface area contributed by atoms with E-state index in [1.807, 2.05) is 0 Å². The van der Waals surface area contributed by atoms with Crippen LogP contribution in [0.4, 0.5) is 17.6 Å². The van der Waals surface area contributed by atoms with Gasteiger partial charge in [0.15, 0.2) is 5.15 Å². The maximum atomic E-state index is 14.4. The lowest BCUT2D eigenvalue weighted by molar-refractivity contribution is -0.137. The van der Waals surface area contributed by atoms with E-state index >= 15 is 0 Å². The number of alkyl halides is 3. The van der Waals surface area contributed by atoms with E-state index in [2.05, 4.69) is 5.10 Å². The van der Waals surface area contributed by atoms with Gasteiger partial charge in [0, 0.05) is 11.5 Å². The van der Waals surface area contributed by atoms with Crippen molar-refractivity contribution in [3.05, 3.63) is 57.5 Å².